The van der Waals surface area contributed by atoms with Gasteiger partial charge in [0, 0.05) is 19.3 Å². The van der Waals surface area contributed by atoms with Crippen LogP contribution in [0.5, 0.6) is 0 Å². The monoisotopic (exact) mass is 1020 g/mol. The third-order valence-corrected chi connectivity index (χ3v) is 13.4. The molecule has 73 heavy (non-hydrogen) atoms. The van der Waals surface area contributed by atoms with Gasteiger partial charge >= 0.3 is 17.9 Å². The molecule has 0 radical (unpaired) electrons. The molecule has 6 nitrogen and oxygen atoms in total. The van der Waals surface area contributed by atoms with E-state index in [1.54, 1.807) is 0 Å². The van der Waals surface area contributed by atoms with Crippen LogP contribution in [0.15, 0.2) is 85.1 Å². The average Bonchev–Trinajstić information content (AvgIpc) is 3.39. The summed E-state index contributed by atoms with van der Waals surface area (Å²) in [5, 5.41) is 0. The first kappa shape index (κ1) is 69.6. The fourth-order valence-corrected chi connectivity index (χ4v) is 8.74. The van der Waals surface area contributed by atoms with Crippen molar-refractivity contribution in [2.75, 3.05) is 13.2 Å². The molecule has 1 unspecified atom stereocenters. The quantitative estimate of drug-likeness (QED) is 0.0261. The van der Waals surface area contributed by atoms with Crippen LogP contribution in [0.4, 0.5) is 0 Å². The van der Waals surface area contributed by atoms with E-state index in [4.69, 9.17) is 14.2 Å². The van der Waals surface area contributed by atoms with Crippen LogP contribution in [-0.4, -0.2) is 37.2 Å². The minimum Gasteiger partial charge on any atom is -0.462 e. The van der Waals surface area contributed by atoms with Crippen molar-refractivity contribution >= 4 is 17.9 Å². The lowest BCUT2D eigenvalue weighted by molar-refractivity contribution is -0.167. The molecule has 0 aromatic carbocycles. The van der Waals surface area contributed by atoms with Gasteiger partial charge in [0.15, 0.2) is 6.10 Å². The van der Waals surface area contributed by atoms with Crippen molar-refractivity contribution in [3.8, 4) is 0 Å². The van der Waals surface area contributed by atoms with Crippen LogP contribution in [0.2, 0.25) is 0 Å². The molecule has 0 saturated carbocycles. The molecule has 420 valence electrons. The zero-order chi connectivity index (χ0) is 52.9. The normalized spacial score (nSPS) is 12.6. The first-order valence-corrected chi connectivity index (χ1v) is 31.1. The van der Waals surface area contributed by atoms with Crippen molar-refractivity contribution in [1.29, 1.82) is 0 Å². The number of esters is 3. The maximum atomic E-state index is 12.8. The fourth-order valence-electron chi connectivity index (χ4n) is 8.74. The number of allylic oxidation sites excluding steroid dienone is 14. The molecule has 0 amide bonds. The molecule has 0 spiro atoms. The van der Waals surface area contributed by atoms with Gasteiger partial charge in [-0.25, -0.2) is 0 Å². The smallest absolute Gasteiger partial charge is 0.306 e. The largest absolute Gasteiger partial charge is 0.462 e. The SMILES string of the molecule is CC/C=C\C/C=C\C/C=C\C/C=C\CCCCCCCCCCCCCCCCC(=O)OCC(COC(=O)CCCCCCCCC)OC(=O)CCCCCCCC/C=C\C/C=C\C/C=C\CCCCCCC. The third kappa shape index (κ3) is 59.3. The van der Waals surface area contributed by atoms with E-state index in [9.17, 15) is 14.4 Å². The lowest BCUT2D eigenvalue weighted by atomic mass is 10.0. The van der Waals surface area contributed by atoms with Gasteiger partial charge in [-0.15, -0.1) is 0 Å². The van der Waals surface area contributed by atoms with E-state index in [0.717, 1.165) is 109 Å². The highest BCUT2D eigenvalue weighted by Crippen LogP contribution is 2.16. The second-order valence-corrected chi connectivity index (χ2v) is 20.6. The Bertz CT molecular complexity index is 1400. The van der Waals surface area contributed by atoms with Crippen LogP contribution in [0.3, 0.4) is 0 Å². The summed E-state index contributed by atoms with van der Waals surface area (Å²) in [6, 6.07) is 0. The van der Waals surface area contributed by atoms with Crippen LogP contribution in [-0.2, 0) is 28.6 Å². The van der Waals surface area contributed by atoms with Gasteiger partial charge in [-0.05, 0) is 96.3 Å². The van der Waals surface area contributed by atoms with Crippen LogP contribution in [0, 0.1) is 0 Å². The van der Waals surface area contributed by atoms with Crippen molar-refractivity contribution in [3.05, 3.63) is 85.1 Å². The Labute approximate surface area is 452 Å². The molecule has 0 saturated heterocycles. The molecule has 0 aliphatic rings. The second-order valence-electron chi connectivity index (χ2n) is 20.6. The highest BCUT2D eigenvalue weighted by molar-refractivity contribution is 5.71. The number of unbranched alkanes of at least 4 members (excludes halogenated alkanes) is 31. The lowest BCUT2D eigenvalue weighted by Crippen LogP contribution is -2.30. The van der Waals surface area contributed by atoms with E-state index in [2.05, 4.69) is 106 Å². The summed E-state index contributed by atoms with van der Waals surface area (Å²) in [6.45, 7) is 6.48. The molecule has 0 aromatic heterocycles. The Morgan fingerprint density at radius 2 is 0.534 bits per heavy atom. The predicted molar refractivity (Wildman–Crippen MR) is 316 cm³/mol. The number of ether oxygens (including phenoxy) is 3. The first-order valence-electron chi connectivity index (χ1n) is 31.1. The maximum Gasteiger partial charge on any atom is 0.306 e. The summed E-state index contributed by atoms with van der Waals surface area (Å²) < 4.78 is 16.8. The average molecular weight is 1020 g/mol. The Morgan fingerprint density at radius 3 is 0.836 bits per heavy atom. The zero-order valence-corrected chi connectivity index (χ0v) is 48.1. The number of carbonyl (C=O) groups is 3. The summed E-state index contributed by atoms with van der Waals surface area (Å²) in [7, 11) is 0. The molecule has 0 bridgehead atoms. The van der Waals surface area contributed by atoms with Gasteiger partial charge in [-0.1, -0.05) is 273 Å². The molecule has 1 atom stereocenters. The van der Waals surface area contributed by atoms with Gasteiger partial charge in [0.1, 0.15) is 13.2 Å². The van der Waals surface area contributed by atoms with E-state index < -0.39 is 6.10 Å². The zero-order valence-electron chi connectivity index (χ0n) is 48.1. The fraction of sp³-hybridized carbons (Fsp3) is 0.746. The van der Waals surface area contributed by atoms with Crippen molar-refractivity contribution in [2.45, 2.75) is 309 Å². The predicted octanol–water partition coefficient (Wildman–Crippen LogP) is 21.1. The number of hydrogen-bond acceptors (Lipinski definition) is 6. The number of rotatable bonds is 56. The highest BCUT2D eigenvalue weighted by Gasteiger charge is 2.19. The van der Waals surface area contributed by atoms with E-state index in [0.29, 0.717) is 19.3 Å². The standard InChI is InChI=1S/C67H116O6/c1-4-7-10-13-16-18-20-22-24-26-28-30-31-32-33-34-35-37-38-40-42-44-46-48-51-54-57-60-66(69)72-63-64(62-71-65(68)59-56-53-50-15-12-9-6-3)73-67(70)61-58-55-52-49-47-45-43-41-39-36-29-27-25-23-21-19-17-14-11-8-5-2/h7,10,16,18,21-24,27-30,39,41,64H,4-6,8-9,11-15,17,19-20,25-26,31-38,40,42-63H2,1-3H3/b10-7-,18-16-,23-21-,24-22-,29-27-,30-28-,41-39-. The van der Waals surface area contributed by atoms with Gasteiger partial charge in [-0.3, -0.25) is 14.4 Å². The van der Waals surface area contributed by atoms with E-state index >= 15 is 0 Å². The molecule has 0 fully saturated rings. The topological polar surface area (TPSA) is 78.9 Å². The second kappa shape index (κ2) is 61.1. The van der Waals surface area contributed by atoms with Crippen LogP contribution >= 0.6 is 0 Å². The van der Waals surface area contributed by atoms with Gasteiger partial charge in [-0.2, -0.15) is 0 Å². The molecule has 0 aromatic rings. The van der Waals surface area contributed by atoms with Gasteiger partial charge in [0.05, 0.1) is 0 Å². The maximum absolute atomic E-state index is 12.8. The summed E-state index contributed by atoms with van der Waals surface area (Å²) >= 11 is 0. The molecule has 0 aliphatic heterocycles. The van der Waals surface area contributed by atoms with Gasteiger partial charge < -0.3 is 14.2 Å². The van der Waals surface area contributed by atoms with E-state index in [-0.39, 0.29) is 31.1 Å². The Morgan fingerprint density at radius 1 is 0.288 bits per heavy atom. The third-order valence-electron chi connectivity index (χ3n) is 13.4. The van der Waals surface area contributed by atoms with Gasteiger partial charge in [0.25, 0.3) is 0 Å². The van der Waals surface area contributed by atoms with Crippen LogP contribution in [0.1, 0.15) is 303 Å². The summed E-state index contributed by atoms with van der Waals surface area (Å²) in [5.74, 6) is -0.890. The van der Waals surface area contributed by atoms with E-state index in [1.165, 1.54) is 154 Å². The van der Waals surface area contributed by atoms with Crippen LogP contribution in [0.25, 0.3) is 0 Å². The van der Waals surface area contributed by atoms with Crippen molar-refractivity contribution in [3.63, 3.8) is 0 Å². The van der Waals surface area contributed by atoms with E-state index in [1.807, 2.05) is 0 Å². The minimum absolute atomic E-state index is 0.0799. The molecular formula is C67H116O6. The lowest BCUT2D eigenvalue weighted by Gasteiger charge is -2.18. The number of carbonyl (C=O) groups excluding carboxylic acids is 3. The summed E-state index contributed by atoms with van der Waals surface area (Å²) in [6.07, 6.45) is 80.4. The molecular weight excluding hydrogens is 901 g/mol. The molecule has 0 aliphatic carbocycles. The number of hydrogen-bond donors (Lipinski definition) is 0. The van der Waals surface area contributed by atoms with Crippen molar-refractivity contribution in [2.24, 2.45) is 0 Å². The Balaban J connectivity index is 4.15. The minimum atomic E-state index is -0.781. The molecule has 6 heteroatoms. The molecule has 0 N–H and O–H groups in total. The first-order chi connectivity index (χ1) is 36.0. The van der Waals surface area contributed by atoms with Crippen LogP contribution < -0.4 is 0 Å². The van der Waals surface area contributed by atoms with Crippen molar-refractivity contribution < 1.29 is 28.6 Å². The Hall–Kier alpha value is -3.41. The summed E-state index contributed by atoms with van der Waals surface area (Å²) in [5.41, 5.74) is 0. The Kier molecular flexibility index (Phi) is 58.3. The summed E-state index contributed by atoms with van der Waals surface area (Å²) in [4.78, 5) is 38.0. The molecule has 0 rings (SSSR count). The molecule has 0 heterocycles. The van der Waals surface area contributed by atoms with Crippen molar-refractivity contribution in [1.82, 2.24) is 0 Å². The highest BCUT2D eigenvalue weighted by atomic mass is 16.6. The van der Waals surface area contributed by atoms with Gasteiger partial charge in [0.2, 0.25) is 0 Å².